The molecule has 132 valence electrons. The van der Waals surface area contributed by atoms with E-state index in [1.165, 1.54) is 7.11 Å². The lowest BCUT2D eigenvalue weighted by molar-refractivity contribution is -0.0135. The van der Waals surface area contributed by atoms with Crippen molar-refractivity contribution in [3.8, 4) is 5.88 Å². The molecule has 6 nitrogen and oxygen atoms in total. The molecule has 1 aromatic heterocycles. The summed E-state index contributed by atoms with van der Waals surface area (Å²) in [7, 11) is 1.53. The number of carbonyl (C=O) groups excluding carboxylic acids is 1. The van der Waals surface area contributed by atoms with Crippen LogP contribution in [-0.4, -0.2) is 42.7 Å². The lowest BCUT2D eigenvalue weighted by atomic mass is 10.1. The van der Waals surface area contributed by atoms with Crippen molar-refractivity contribution in [3.05, 3.63) is 52.1 Å². The molecule has 0 spiro atoms. The third-order valence-electron chi connectivity index (χ3n) is 3.86. The number of nitrogens with one attached hydrogen (secondary N) is 1. The van der Waals surface area contributed by atoms with Crippen molar-refractivity contribution in [2.45, 2.75) is 6.10 Å². The Balaban J connectivity index is 1.67. The van der Waals surface area contributed by atoms with Gasteiger partial charge in [-0.05, 0) is 23.8 Å². The van der Waals surface area contributed by atoms with Gasteiger partial charge >= 0.3 is 6.03 Å². The van der Waals surface area contributed by atoms with Gasteiger partial charge in [0.05, 0.1) is 30.3 Å². The van der Waals surface area contributed by atoms with Crippen LogP contribution in [-0.2, 0) is 4.74 Å². The van der Waals surface area contributed by atoms with Crippen molar-refractivity contribution in [1.29, 1.82) is 0 Å². The average Bonchev–Trinajstić information content (AvgIpc) is 2.64. The zero-order chi connectivity index (χ0) is 17.8. The van der Waals surface area contributed by atoms with Gasteiger partial charge < -0.3 is 19.7 Å². The van der Waals surface area contributed by atoms with Gasteiger partial charge in [0.1, 0.15) is 6.10 Å². The topological polar surface area (TPSA) is 63.7 Å². The number of hydrogen-bond acceptors (Lipinski definition) is 4. The first-order valence-corrected chi connectivity index (χ1v) is 8.45. The molecule has 1 unspecified atom stereocenters. The average molecular weight is 382 g/mol. The monoisotopic (exact) mass is 381 g/mol. The Morgan fingerprint density at radius 1 is 1.32 bits per heavy atom. The van der Waals surface area contributed by atoms with Crippen molar-refractivity contribution >= 4 is 34.9 Å². The van der Waals surface area contributed by atoms with Crippen molar-refractivity contribution in [3.63, 3.8) is 0 Å². The van der Waals surface area contributed by atoms with Crippen molar-refractivity contribution in [2.75, 3.05) is 32.1 Å². The van der Waals surface area contributed by atoms with E-state index in [9.17, 15) is 4.79 Å². The van der Waals surface area contributed by atoms with Crippen LogP contribution in [0.5, 0.6) is 5.88 Å². The minimum absolute atomic E-state index is 0.207. The van der Waals surface area contributed by atoms with Crippen molar-refractivity contribution < 1.29 is 14.3 Å². The highest BCUT2D eigenvalue weighted by Crippen LogP contribution is 2.29. The molecule has 1 N–H and O–H groups in total. The lowest BCUT2D eigenvalue weighted by Gasteiger charge is -2.33. The molecule has 8 heteroatoms. The van der Waals surface area contributed by atoms with E-state index in [2.05, 4.69) is 10.3 Å². The molecule has 0 bridgehead atoms. The maximum absolute atomic E-state index is 12.5. The molecule has 0 radical (unpaired) electrons. The fourth-order valence-corrected chi connectivity index (χ4v) is 2.86. The molecule has 0 aliphatic carbocycles. The number of rotatable bonds is 3. The number of halogens is 2. The zero-order valence-corrected chi connectivity index (χ0v) is 15.0. The summed E-state index contributed by atoms with van der Waals surface area (Å²) in [5.41, 5.74) is 1.51. The van der Waals surface area contributed by atoms with E-state index in [1.807, 2.05) is 6.07 Å². The highest BCUT2D eigenvalue weighted by atomic mass is 35.5. The van der Waals surface area contributed by atoms with Gasteiger partial charge in [-0.2, -0.15) is 0 Å². The van der Waals surface area contributed by atoms with Gasteiger partial charge in [0.2, 0.25) is 5.88 Å². The normalized spacial score (nSPS) is 17.2. The minimum atomic E-state index is -0.249. The molecule has 0 saturated carbocycles. The van der Waals surface area contributed by atoms with E-state index in [0.29, 0.717) is 41.3 Å². The summed E-state index contributed by atoms with van der Waals surface area (Å²) in [6, 6.07) is 8.51. The number of anilines is 1. The molecule has 25 heavy (non-hydrogen) atoms. The number of ether oxygens (including phenoxy) is 2. The number of amides is 2. The predicted molar refractivity (Wildman–Crippen MR) is 96.5 cm³/mol. The van der Waals surface area contributed by atoms with Crippen molar-refractivity contribution in [1.82, 2.24) is 9.88 Å². The summed E-state index contributed by atoms with van der Waals surface area (Å²) in [5, 5.41) is 3.80. The molecule has 1 aromatic carbocycles. The molecular weight excluding hydrogens is 365 g/mol. The van der Waals surface area contributed by atoms with Gasteiger partial charge in [-0.3, -0.25) is 0 Å². The molecule has 1 atom stereocenters. The van der Waals surface area contributed by atoms with E-state index in [0.717, 1.165) is 5.56 Å². The van der Waals surface area contributed by atoms with Crippen LogP contribution in [0.4, 0.5) is 10.5 Å². The Bertz CT molecular complexity index is 773. The first kappa shape index (κ1) is 17.8. The van der Waals surface area contributed by atoms with E-state index in [4.69, 9.17) is 32.7 Å². The standard InChI is InChI=1S/C17H17Cl2N3O3/c1-24-16-9-12(4-5-20-16)21-17(23)22-6-7-25-15(10-22)11-2-3-13(18)14(19)8-11/h2-5,8-9,15H,6-7,10H2,1H3,(H,20,21,23). The number of morpholine rings is 1. The summed E-state index contributed by atoms with van der Waals surface area (Å²) in [4.78, 5) is 18.2. The van der Waals surface area contributed by atoms with E-state index < -0.39 is 0 Å². The van der Waals surface area contributed by atoms with Crippen LogP contribution in [0.1, 0.15) is 11.7 Å². The van der Waals surface area contributed by atoms with Gasteiger partial charge in [0.25, 0.3) is 0 Å². The first-order valence-electron chi connectivity index (χ1n) is 7.69. The smallest absolute Gasteiger partial charge is 0.322 e. The van der Waals surface area contributed by atoms with Crippen LogP contribution in [0, 0.1) is 0 Å². The minimum Gasteiger partial charge on any atom is -0.481 e. The number of aromatic nitrogens is 1. The summed E-state index contributed by atoms with van der Waals surface area (Å²) >= 11 is 12.0. The third-order valence-corrected chi connectivity index (χ3v) is 4.60. The number of pyridine rings is 1. The summed E-state index contributed by atoms with van der Waals surface area (Å²) in [6.45, 7) is 1.37. The Hall–Kier alpha value is -2.02. The van der Waals surface area contributed by atoms with E-state index in [-0.39, 0.29) is 12.1 Å². The molecule has 3 rings (SSSR count). The third kappa shape index (κ3) is 4.34. The molecule has 2 aromatic rings. The number of hydrogen-bond donors (Lipinski definition) is 1. The number of nitrogens with zero attached hydrogens (tertiary/aromatic N) is 2. The molecule has 2 heterocycles. The summed E-state index contributed by atoms with van der Waals surface area (Å²) in [5.74, 6) is 0.438. The molecule has 1 aliphatic heterocycles. The molecule has 1 fully saturated rings. The Morgan fingerprint density at radius 3 is 2.92 bits per heavy atom. The quantitative estimate of drug-likeness (QED) is 0.872. The van der Waals surface area contributed by atoms with Gasteiger partial charge in [-0.1, -0.05) is 29.3 Å². The van der Waals surface area contributed by atoms with Crippen LogP contribution in [0.3, 0.4) is 0 Å². The van der Waals surface area contributed by atoms with Gasteiger partial charge in [0, 0.05) is 24.5 Å². The predicted octanol–water partition coefficient (Wildman–Crippen LogP) is 4.00. The van der Waals surface area contributed by atoms with Gasteiger partial charge in [-0.25, -0.2) is 9.78 Å². The summed E-state index contributed by atoms with van der Waals surface area (Å²) < 4.78 is 10.8. The van der Waals surface area contributed by atoms with Gasteiger partial charge in [0.15, 0.2) is 0 Å². The van der Waals surface area contributed by atoms with Crippen LogP contribution < -0.4 is 10.1 Å². The van der Waals surface area contributed by atoms with Crippen LogP contribution in [0.2, 0.25) is 10.0 Å². The fraction of sp³-hybridized carbons (Fsp3) is 0.294. The number of carbonyl (C=O) groups is 1. The highest BCUT2D eigenvalue weighted by molar-refractivity contribution is 6.42. The highest BCUT2D eigenvalue weighted by Gasteiger charge is 2.26. The van der Waals surface area contributed by atoms with Crippen LogP contribution >= 0.6 is 23.2 Å². The second kappa shape index (κ2) is 7.91. The van der Waals surface area contributed by atoms with Crippen molar-refractivity contribution in [2.24, 2.45) is 0 Å². The fourth-order valence-electron chi connectivity index (χ4n) is 2.55. The van der Waals surface area contributed by atoms with Crippen LogP contribution in [0.25, 0.3) is 0 Å². The molecule has 2 amide bonds. The second-order valence-electron chi connectivity index (χ2n) is 5.50. The lowest BCUT2D eigenvalue weighted by Crippen LogP contribution is -2.44. The SMILES string of the molecule is COc1cc(NC(=O)N2CCOC(c3ccc(Cl)c(Cl)c3)C2)ccn1. The maximum Gasteiger partial charge on any atom is 0.322 e. The Labute approximate surface area is 155 Å². The Kier molecular flexibility index (Phi) is 5.63. The van der Waals surface area contributed by atoms with Crippen LogP contribution in [0.15, 0.2) is 36.5 Å². The number of benzene rings is 1. The zero-order valence-electron chi connectivity index (χ0n) is 13.5. The summed E-state index contributed by atoms with van der Waals surface area (Å²) in [6.07, 6.45) is 1.33. The van der Waals surface area contributed by atoms with Gasteiger partial charge in [-0.15, -0.1) is 0 Å². The largest absolute Gasteiger partial charge is 0.481 e. The van der Waals surface area contributed by atoms with E-state index in [1.54, 1.807) is 35.4 Å². The number of urea groups is 1. The molecule has 1 aliphatic rings. The second-order valence-corrected chi connectivity index (χ2v) is 6.31. The van der Waals surface area contributed by atoms with E-state index >= 15 is 0 Å². The molecular formula is C17H17Cl2N3O3. The molecule has 1 saturated heterocycles. The first-order chi connectivity index (χ1) is 12.1. The number of methoxy groups -OCH3 is 1. The maximum atomic E-state index is 12.5. The Morgan fingerprint density at radius 2 is 2.16 bits per heavy atom.